The summed E-state index contributed by atoms with van der Waals surface area (Å²) in [5.41, 5.74) is 3.31. The van der Waals surface area contributed by atoms with Gasteiger partial charge >= 0.3 is 0 Å². The third-order valence-electron chi connectivity index (χ3n) is 6.04. The number of aryl methyl sites for hydroxylation is 1. The third kappa shape index (κ3) is 4.21. The van der Waals surface area contributed by atoms with Crippen molar-refractivity contribution in [2.45, 2.75) is 26.9 Å². The van der Waals surface area contributed by atoms with Gasteiger partial charge in [-0.1, -0.05) is 41.9 Å². The molecule has 1 aliphatic heterocycles. The first kappa shape index (κ1) is 20.6. The minimum atomic E-state index is -0.139. The molecule has 0 amide bonds. The molecule has 1 aromatic carbocycles. The normalized spacial score (nSPS) is 15.6. The van der Waals surface area contributed by atoms with Crippen molar-refractivity contribution >= 4 is 5.52 Å². The lowest BCUT2D eigenvalue weighted by molar-refractivity contribution is 0.121. The Labute approximate surface area is 185 Å². The zero-order valence-corrected chi connectivity index (χ0v) is 18.4. The number of piperazine rings is 1. The highest BCUT2D eigenvalue weighted by molar-refractivity contribution is 5.65. The second kappa shape index (κ2) is 8.68. The van der Waals surface area contributed by atoms with E-state index in [1.165, 1.54) is 5.56 Å². The minimum Gasteiger partial charge on any atom is -0.338 e. The molecule has 0 radical (unpaired) electrons. The van der Waals surface area contributed by atoms with Crippen molar-refractivity contribution in [1.82, 2.24) is 34.1 Å². The van der Waals surface area contributed by atoms with E-state index in [-0.39, 0.29) is 12.1 Å². The van der Waals surface area contributed by atoms with Gasteiger partial charge in [0, 0.05) is 44.1 Å². The predicted molar refractivity (Wildman–Crippen MR) is 120 cm³/mol. The van der Waals surface area contributed by atoms with Gasteiger partial charge in [0.2, 0.25) is 5.89 Å². The van der Waals surface area contributed by atoms with E-state index in [0.717, 1.165) is 44.0 Å². The van der Waals surface area contributed by atoms with Gasteiger partial charge in [0.1, 0.15) is 5.52 Å². The molecule has 1 aliphatic rings. The van der Waals surface area contributed by atoms with Crippen molar-refractivity contribution in [2.75, 3.05) is 32.7 Å². The van der Waals surface area contributed by atoms with Crippen LogP contribution in [0.25, 0.3) is 16.8 Å². The standard InChI is InChI=1S/C23H27N7O2/c1-3-27-8-10-28(11-9-27)16-22-24-21(26-32-22)15-29-12-13-30-20(23(29)31)14-19(25-30)18-6-4-17(2)5-7-18/h4-7,12-14H,3,8-11,15-16H2,1-2H3. The molecule has 5 rings (SSSR count). The lowest BCUT2D eigenvalue weighted by Crippen LogP contribution is -2.45. The first-order valence-electron chi connectivity index (χ1n) is 11.0. The molecule has 166 valence electrons. The largest absolute Gasteiger partial charge is 0.338 e. The maximum absolute atomic E-state index is 13.0. The number of rotatable bonds is 6. The van der Waals surface area contributed by atoms with Gasteiger partial charge in [-0.2, -0.15) is 10.1 Å². The second-order valence-electron chi connectivity index (χ2n) is 8.27. The van der Waals surface area contributed by atoms with E-state index in [2.05, 4.69) is 32.0 Å². The van der Waals surface area contributed by atoms with Crippen LogP contribution in [-0.2, 0) is 13.1 Å². The Morgan fingerprint density at radius 1 is 1.00 bits per heavy atom. The molecule has 0 atom stereocenters. The number of aromatic nitrogens is 5. The van der Waals surface area contributed by atoms with Gasteiger partial charge in [-0.05, 0) is 19.5 Å². The summed E-state index contributed by atoms with van der Waals surface area (Å²) in [6.45, 7) is 10.3. The molecule has 0 bridgehead atoms. The maximum Gasteiger partial charge on any atom is 0.277 e. The molecule has 3 aromatic heterocycles. The van der Waals surface area contributed by atoms with E-state index >= 15 is 0 Å². The summed E-state index contributed by atoms with van der Waals surface area (Å²) in [6.07, 6.45) is 3.49. The molecule has 0 N–H and O–H groups in total. The number of hydrogen-bond acceptors (Lipinski definition) is 7. The van der Waals surface area contributed by atoms with Gasteiger partial charge in [0.05, 0.1) is 18.8 Å². The Hall–Kier alpha value is -3.30. The van der Waals surface area contributed by atoms with Crippen molar-refractivity contribution in [1.29, 1.82) is 0 Å². The highest BCUT2D eigenvalue weighted by atomic mass is 16.5. The summed E-state index contributed by atoms with van der Waals surface area (Å²) in [5.74, 6) is 1.09. The number of likely N-dealkylation sites (N-methyl/N-ethyl adjacent to an activating group) is 1. The average Bonchev–Trinajstić information content (AvgIpc) is 3.44. The summed E-state index contributed by atoms with van der Waals surface area (Å²) in [5, 5.41) is 8.63. The van der Waals surface area contributed by atoms with Crippen LogP contribution in [0.5, 0.6) is 0 Å². The number of fused-ring (bicyclic) bond motifs is 1. The fraction of sp³-hybridized carbons (Fsp3) is 0.391. The molecular formula is C23H27N7O2. The van der Waals surface area contributed by atoms with E-state index in [0.29, 0.717) is 23.8 Å². The lowest BCUT2D eigenvalue weighted by atomic mass is 10.1. The SMILES string of the molecule is CCN1CCN(Cc2nc(Cn3ccn4nc(-c5ccc(C)cc5)cc4c3=O)no2)CC1. The van der Waals surface area contributed by atoms with Gasteiger partial charge in [-0.3, -0.25) is 9.69 Å². The van der Waals surface area contributed by atoms with Gasteiger partial charge < -0.3 is 14.0 Å². The van der Waals surface area contributed by atoms with Crippen molar-refractivity contribution in [3.63, 3.8) is 0 Å². The van der Waals surface area contributed by atoms with E-state index in [1.807, 2.05) is 37.3 Å². The fourth-order valence-electron chi connectivity index (χ4n) is 4.04. The van der Waals surface area contributed by atoms with Gasteiger partial charge in [0.25, 0.3) is 5.56 Å². The first-order valence-corrected chi connectivity index (χ1v) is 11.0. The molecule has 1 saturated heterocycles. The fourth-order valence-corrected chi connectivity index (χ4v) is 4.04. The molecule has 9 nitrogen and oxygen atoms in total. The number of benzene rings is 1. The average molecular weight is 434 g/mol. The van der Waals surface area contributed by atoms with Crippen LogP contribution >= 0.6 is 0 Å². The van der Waals surface area contributed by atoms with Crippen LogP contribution in [0.15, 0.2) is 52.0 Å². The maximum atomic E-state index is 13.0. The summed E-state index contributed by atoms with van der Waals surface area (Å²) in [7, 11) is 0. The zero-order valence-electron chi connectivity index (χ0n) is 18.4. The highest BCUT2D eigenvalue weighted by Crippen LogP contribution is 2.19. The van der Waals surface area contributed by atoms with Gasteiger partial charge in [-0.15, -0.1) is 0 Å². The number of hydrogen-bond donors (Lipinski definition) is 0. The quantitative estimate of drug-likeness (QED) is 0.460. The summed E-state index contributed by atoms with van der Waals surface area (Å²) >= 11 is 0. The second-order valence-corrected chi connectivity index (χ2v) is 8.27. The van der Waals surface area contributed by atoms with Crippen LogP contribution in [0.3, 0.4) is 0 Å². The highest BCUT2D eigenvalue weighted by Gasteiger charge is 2.18. The smallest absolute Gasteiger partial charge is 0.277 e. The molecule has 0 unspecified atom stereocenters. The van der Waals surface area contributed by atoms with E-state index in [9.17, 15) is 4.79 Å². The van der Waals surface area contributed by atoms with E-state index < -0.39 is 0 Å². The Morgan fingerprint density at radius 2 is 1.75 bits per heavy atom. The van der Waals surface area contributed by atoms with E-state index in [4.69, 9.17) is 4.52 Å². The molecule has 0 saturated carbocycles. The van der Waals surface area contributed by atoms with Crippen molar-refractivity contribution in [3.8, 4) is 11.3 Å². The third-order valence-corrected chi connectivity index (χ3v) is 6.04. The molecule has 4 heterocycles. The zero-order chi connectivity index (χ0) is 22.1. The molecular weight excluding hydrogens is 406 g/mol. The van der Waals surface area contributed by atoms with Gasteiger partial charge in [0.15, 0.2) is 5.82 Å². The van der Waals surface area contributed by atoms with Crippen LogP contribution in [0.1, 0.15) is 24.2 Å². The Balaban J connectivity index is 1.31. The van der Waals surface area contributed by atoms with Crippen molar-refractivity contribution < 1.29 is 4.52 Å². The van der Waals surface area contributed by atoms with Gasteiger partial charge in [-0.25, -0.2) is 4.52 Å². The van der Waals surface area contributed by atoms with Crippen LogP contribution in [-0.4, -0.2) is 66.8 Å². The Bertz CT molecular complexity index is 1260. The molecule has 9 heteroatoms. The molecule has 0 aliphatic carbocycles. The van der Waals surface area contributed by atoms with Crippen LogP contribution in [0.4, 0.5) is 0 Å². The molecule has 32 heavy (non-hydrogen) atoms. The Kier molecular flexibility index (Phi) is 5.59. The van der Waals surface area contributed by atoms with Crippen molar-refractivity contribution in [3.05, 3.63) is 70.4 Å². The van der Waals surface area contributed by atoms with Crippen LogP contribution in [0, 0.1) is 6.92 Å². The minimum absolute atomic E-state index is 0.139. The first-order chi connectivity index (χ1) is 15.6. The molecule has 0 spiro atoms. The van der Waals surface area contributed by atoms with Crippen LogP contribution < -0.4 is 5.56 Å². The van der Waals surface area contributed by atoms with Crippen LogP contribution in [0.2, 0.25) is 0 Å². The monoisotopic (exact) mass is 433 g/mol. The molecule has 1 fully saturated rings. The Morgan fingerprint density at radius 3 is 2.50 bits per heavy atom. The van der Waals surface area contributed by atoms with Crippen molar-refractivity contribution in [2.24, 2.45) is 0 Å². The summed E-state index contributed by atoms with van der Waals surface area (Å²) < 4.78 is 8.65. The predicted octanol–water partition coefficient (Wildman–Crippen LogP) is 2.04. The summed E-state index contributed by atoms with van der Waals surface area (Å²) in [4.78, 5) is 22.3. The van der Waals surface area contributed by atoms with E-state index in [1.54, 1.807) is 21.5 Å². The lowest BCUT2D eigenvalue weighted by Gasteiger charge is -2.33. The summed E-state index contributed by atoms with van der Waals surface area (Å²) in [6, 6.07) is 9.92. The molecule has 4 aromatic rings. The number of nitrogens with zero attached hydrogens (tertiary/aromatic N) is 7. The topological polar surface area (TPSA) is 84.7 Å².